The van der Waals surface area contributed by atoms with Crippen molar-refractivity contribution in [2.75, 3.05) is 91.8 Å². The first kappa shape index (κ1) is 88.9. The van der Waals surface area contributed by atoms with Gasteiger partial charge in [-0.3, -0.25) is 48.1 Å². The Morgan fingerprint density at radius 3 is 1.94 bits per heavy atom. The van der Waals surface area contributed by atoms with Gasteiger partial charge in [-0.25, -0.2) is 23.2 Å². The maximum absolute atomic E-state index is 14.7. The molecule has 11 amide bonds. The second-order valence-corrected chi connectivity index (χ2v) is 30.7. The number of urea groups is 1. The van der Waals surface area contributed by atoms with Gasteiger partial charge in [0.05, 0.1) is 61.4 Å². The fourth-order valence-corrected chi connectivity index (χ4v) is 14.1. The number of nitrogens with zero attached hydrogens (tertiary/aromatic N) is 5. The molecule has 3 aromatic carbocycles. The zero-order valence-corrected chi connectivity index (χ0v) is 65.7. The van der Waals surface area contributed by atoms with Crippen LogP contribution >= 0.6 is 0 Å². The van der Waals surface area contributed by atoms with Gasteiger partial charge in [-0.05, 0) is 118 Å². The van der Waals surface area contributed by atoms with E-state index in [0.29, 0.717) is 73.1 Å². The molecule has 0 aliphatic carbocycles. The minimum atomic E-state index is -3.63. The zero-order valence-electron chi connectivity index (χ0n) is 64.9. The van der Waals surface area contributed by atoms with Gasteiger partial charge < -0.3 is 77.0 Å². The third kappa shape index (κ3) is 27.8. The fraction of sp³-hybridized carbons (Fsp3) is 0.605. The van der Waals surface area contributed by atoms with Gasteiger partial charge >= 0.3 is 6.03 Å². The van der Waals surface area contributed by atoms with E-state index in [2.05, 4.69) is 52.5 Å². The van der Waals surface area contributed by atoms with Crippen molar-refractivity contribution >= 4 is 91.3 Å². The molecule has 0 unspecified atom stereocenters. The Balaban J connectivity index is 1.14. The molecule has 31 heteroatoms. The Morgan fingerprint density at radius 2 is 1.33 bits per heavy atom. The molecule has 1 aromatic heterocycles. The summed E-state index contributed by atoms with van der Waals surface area (Å²) >= 11 is 0. The molecule has 11 atom stereocenters. The molecule has 1 aliphatic heterocycles. The number of fused-ring (bicyclic) bond motifs is 1. The first-order valence-corrected chi connectivity index (χ1v) is 38.7. The molecule has 1 aliphatic rings. The van der Waals surface area contributed by atoms with Gasteiger partial charge in [0, 0.05) is 83.4 Å². The third-order valence-electron chi connectivity index (χ3n) is 19.2. The number of nitrogens with two attached hydrogens (primary N) is 1. The zero-order chi connectivity index (χ0) is 79.2. The van der Waals surface area contributed by atoms with Crippen LogP contribution in [-0.4, -0.2) is 228 Å². The standard InChI is InChI=1S/C76H116N14O16S/c1-16-49(8)67(89(12)75(99)65(47(4)5)87-73(98)66(48(6)7)88(10)11)60(103-13)42-63(93)90-36-23-27-59(90)68(104-14)50(9)69(94)85-58(40-51-24-18-17-19-25-51)70(95)79-43-52-29-31-53(32-30-52)83-71(96)57(26-22-35-78-76(77)100)84-72(97)64(46(2)3)86-62(92)44-106-39-38-105-37-21-20-28-61(91)82-54-33-34-56-55(41-54)74(81-45-80-56)107(15,101)102/h17-19,24-25,29-34,41,45-50,57-60,64-68H,16,20-23,26-28,35-40,42-44H2,1-15H3,(H,79,95)(H,82,91)(H,83,96)(H,84,97)(H,85,94)(H,86,92)(H,87,98)(H3,77,78,100)/t49-,50+,57-,58-,59-,60+,64-,65-,66-,67-,68+/m0/s1. The number of nitrogens with one attached hydrogen (secondary N) is 8. The first-order valence-electron chi connectivity index (χ1n) is 36.8. The number of aromatic nitrogens is 2. The van der Waals surface area contributed by atoms with Crippen LogP contribution in [0.25, 0.3) is 10.9 Å². The molecule has 0 spiro atoms. The van der Waals surface area contributed by atoms with Crippen molar-refractivity contribution in [2.24, 2.45) is 35.3 Å². The van der Waals surface area contributed by atoms with E-state index in [-0.39, 0.29) is 105 Å². The normalized spacial score (nSPS) is 16.0. The number of likely N-dealkylation sites (N-methyl/N-ethyl adjacent to an activating group) is 2. The number of benzene rings is 3. The van der Waals surface area contributed by atoms with Crippen LogP contribution in [0.2, 0.25) is 0 Å². The van der Waals surface area contributed by atoms with Gasteiger partial charge in [-0.15, -0.1) is 0 Å². The topological polar surface area (TPSA) is 400 Å². The van der Waals surface area contributed by atoms with Crippen molar-refractivity contribution in [2.45, 2.75) is 193 Å². The van der Waals surface area contributed by atoms with E-state index in [0.717, 1.165) is 11.8 Å². The van der Waals surface area contributed by atoms with Gasteiger partial charge in [-0.2, -0.15) is 0 Å². The van der Waals surface area contributed by atoms with E-state index < -0.39 is 118 Å². The number of carbonyl (C=O) groups excluding carboxylic acids is 10. The summed E-state index contributed by atoms with van der Waals surface area (Å²) in [5, 5.41) is 22.7. The highest BCUT2D eigenvalue weighted by Crippen LogP contribution is 2.31. The Morgan fingerprint density at radius 1 is 0.664 bits per heavy atom. The largest absolute Gasteiger partial charge is 0.379 e. The molecule has 10 N–H and O–H groups in total. The molecule has 5 rings (SSSR count). The summed E-state index contributed by atoms with van der Waals surface area (Å²) in [6.45, 7) is 17.5. The number of carbonyl (C=O) groups is 10. The molecule has 2 heterocycles. The number of likely N-dealkylation sites (tertiary alicyclic amines) is 1. The summed E-state index contributed by atoms with van der Waals surface area (Å²) in [6.07, 6.45) is 4.15. The number of rotatable bonds is 45. The minimum Gasteiger partial charge on any atom is -0.379 e. The monoisotopic (exact) mass is 1510 g/mol. The van der Waals surface area contributed by atoms with E-state index in [1.54, 1.807) is 74.0 Å². The van der Waals surface area contributed by atoms with Crippen molar-refractivity contribution in [3.8, 4) is 0 Å². The maximum Gasteiger partial charge on any atom is 0.312 e. The number of unbranched alkanes of at least 4 members (excludes halogenated alkanes) is 1. The van der Waals surface area contributed by atoms with Crippen LogP contribution in [0, 0.1) is 29.6 Å². The highest BCUT2D eigenvalue weighted by molar-refractivity contribution is 7.90. The van der Waals surface area contributed by atoms with Crippen molar-refractivity contribution in [1.82, 2.24) is 56.6 Å². The highest BCUT2D eigenvalue weighted by Gasteiger charge is 2.44. The van der Waals surface area contributed by atoms with Crippen LogP contribution in [0.3, 0.4) is 0 Å². The quantitative estimate of drug-likeness (QED) is 0.0210. The SMILES string of the molecule is CC[C@H](C)[C@@H]([C@@H](CC(=O)N1CCC[C@H]1[C@H](OC)[C@@H](C)C(=O)N[C@@H](Cc1ccccc1)C(=O)NCc1ccc(NC(=O)[C@H](CCCNC(N)=O)NC(=O)[C@@H](NC(=O)COCCOCCCCC(=O)Nc2ccc3ncnc(S(C)(=O)=O)c3c2)C(C)C)cc1)OC)N(C)C(=O)[C@@H](NC(=O)[C@H](C(C)C)N(C)C)C(C)C. The smallest absolute Gasteiger partial charge is 0.312 e. The first-order chi connectivity index (χ1) is 50.7. The Bertz CT molecular complexity index is 3690. The highest BCUT2D eigenvalue weighted by atomic mass is 32.2. The van der Waals surface area contributed by atoms with E-state index in [9.17, 15) is 56.4 Å². The van der Waals surface area contributed by atoms with Crippen LogP contribution in [-0.2, 0) is 84.9 Å². The molecule has 4 aromatic rings. The van der Waals surface area contributed by atoms with E-state index >= 15 is 0 Å². The molecule has 1 saturated heterocycles. The Hall–Kier alpha value is -8.75. The molecule has 1 fully saturated rings. The molecular formula is C76H116N14O16S. The number of primary amides is 1. The molecular weight excluding hydrogens is 1400 g/mol. The molecule has 0 saturated carbocycles. The third-order valence-corrected chi connectivity index (χ3v) is 20.2. The molecule has 0 radical (unpaired) electrons. The number of hydrogen-bond donors (Lipinski definition) is 9. The van der Waals surface area contributed by atoms with Crippen molar-refractivity contribution in [3.63, 3.8) is 0 Å². The average molecular weight is 1510 g/mol. The lowest BCUT2D eigenvalue weighted by molar-refractivity contribution is -0.148. The second-order valence-electron chi connectivity index (χ2n) is 28.8. The summed E-state index contributed by atoms with van der Waals surface area (Å²) < 4.78 is 47.8. The van der Waals surface area contributed by atoms with Gasteiger partial charge in [-0.1, -0.05) is 111 Å². The van der Waals surface area contributed by atoms with Gasteiger partial charge in [0.15, 0.2) is 14.9 Å². The molecule has 30 nitrogen and oxygen atoms in total. The van der Waals surface area contributed by atoms with Crippen molar-refractivity contribution in [1.29, 1.82) is 0 Å². The van der Waals surface area contributed by atoms with Crippen LogP contribution in [0.4, 0.5) is 16.2 Å². The van der Waals surface area contributed by atoms with Crippen LogP contribution < -0.4 is 48.3 Å². The van der Waals surface area contributed by atoms with Gasteiger partial charge in [0.25, 0.3) is 0 Å². The van der Waals surface area contributed by atoms with Crippen LogP contribution in [0.1, 0.15) is 131 Å². The Kier molecular flexibility index (Phi) is 36.5. The number of methoxy groups -OCH3 is 2. The van der Waals surface area contributed by atoms with E-state index in [1.807, 2.05) is 90.9 Å². The fourth-order valence-electron chi connectivity index (χ4n) is 13.3. The van der Waals surface area contributed by atoms with E-state index in [4.69, 9.17) is 24.7 Å². The predicted molar refractivity (Wildman–Crippen MR) is 406 cm³/mol. The lowest BCUT2D eigenvalue weighted by Gasteiger charge is -2.41. The Labute approximate surface area is 630 Å². The summed E-state index contributed by atoms with van der Waals surface area (Å²) in [4.78, 5) is 150. The van der Waals surface area contributed by atoms with Crippen LogP contribution in [0.15, 0.2) is 84.1 Å². The molecule has 0 bridgehead atoms. The predicted octanol–water partition coefficient (Wildman–Crippen LogP) is 4.88. The maximum atomic E-state index is 14.7. The minimum absolute atomic E-state index is 0.0118. The summed E-state index contributed by atoms with van der Waals surface area (Å²) in [7, 11) is 4.75. The average Bonchev–Trinajstić information content (AvgIpc) is 1.24. The van der Waals surface area contributed by atoms with Crippen molar-refractivity contribution < 1.29 is 75.3 Å². The lowest BCUT2D eigenvalue weighted by Crippen LogP contribution is -2.59. The molecule has 592 valence electrons. The number of anilines is 2. The lowest BCUT2D eigenvalue weighted by atomic mass is 9.89. The van der Waals surface area contributed by atoms with Gasteiger partial charge in [0.1, 0.15) is 37.1 Å². The number of hydrogen-bond acceptors (Lipinski definition) is 19. The number of ether oxygens (including phenoxy) is 4. The van der Waals surface area contributed by atoms with Crippen molar-refractivity contribution in [3.05, 3.63) is 90.3 Å². The second kappa shape index (κ2) is 43.9. The van der Waals surface area contributed by atoms with E-state index in [1.165, 1.54) is 26.6 Å². The summed E-state index contributed by atoms with van der Waals surface area (Å²) in [5.74, 6) is -5.46. The van der Waals surface area contributed by atoms with Gasteiger partial charge in [0.2, 0.25) is 53.2 Å². The number of sulfone groups is 1. The number of amides is 11. The molecule has 107 heavy (non-hydrogen) atoms. The summed E-state index contributed by atoms with van der Waals surface area (Å²) in [5.41, 5.74) is 7.89. The summed E-state index contributed by atoms with van der Waals surface area (Å²) in [6, 6.07) is 14.2. The van der Waals surface area contributed by atoms with Crippen LogP contribution in [0.5, 0.6) is 0 Å².